The minimum atomic E-state index is 0.272. The average Bonchev–Trinajstić information content (AvgIpc) is 2.16. The maximum absolute atomic E-state index is 11.9. The molecule has 0 aliphatic heterocycles. The Bertz CT molecular complexity index is 305. The number of carbonyl (C=O) groups excluding carboxylic acids is 1. The van der Waals surface area contributed by atoms with Gasteiger partial charge in [0.1, 0.15) is 0 Å². The summed E-state index contributed by atoms with van der Waals surface area (Å²) in [6, 6.07) is 0. The topological polar surface area (TPSA) is 17.1 Å². The lowest BCUT2D eigenvalue weighted by molar-refractivity contribution is -0.120. The summed E-state index contributed by atoms with van der Waals surface area (Å²) in [5.74, 6) is 1.15. The van der Waals surface area contributed by atoms with Crippen molar-refractivity contribution in [1.29, 1.82) is 0 Å². The molecule has 0 fully saturated rings. The van der Waals surface area contributed by atoms with Gasteiger partial charge in [0.15, 0.2) is 5.78 Å². The molecule has 0 bridgehead atoms. The van der Waals surface area contributed by atoms with Gasteiger partial charge in [-0.05, 0) is 58.4 Å². The van der Waals surface area contributed by atoms with E-state index in [1.54, 1.807) is 0 Å². The summed E-state index contributed by atoms with van der Waals surface area (Å²) in [5.41, 5.74) is 2.62. The van der Waals surface area contributed by atoms with Gasteiger partial charge in [-0.3, -0.25) is 4.79 Å². The number of rotatable bonds is 4. The molecule has 0 aromatic rings. The van der Waals surface area contributed by atoms with Crippen LogP contribution in [0.15, 0.2) is 23.3 Å². The van der Waals surface area contributed by atoms with E-state index in [2.05, 4.69) is 33.8 Å². The Morgan fingerprint density at radius 2 is 2.25 bits per heavy atom. The van der Waals surface area contributed by atoms with Crippen molar-refractivity contribution in [2.75, 3.05) is 0 Å². The van der Waals surface area contributed by atoms with Crippen molar-refractivity contribution in [3.8, 4) is 0 Å². The number of hydrogen-bond acceptors (Lipinski definition) is 1. The quantitative estimate of drug-likeness (QED) is 0.646. The van der Waals surface area contributed by atoms with E-state index in [1.165, 1.54) is 11.1 Å². The summed E-state index contributed by atoms with van der Waals surface area (Å²) in [5, 5.41) is 0. The van der Waals surface area contributed by atoms with E-state index in [1.807, 2.05) is 6.08 Å². The largest absolute Gasteiger partial charge is 0.295 e. The van der Waals surface area contributed by atoms with E-state index >= 15 is 0 Å². The number of ketones is 1. The predicted molar refractivity (Wildman–Crippen MR) is 69.3 cm³/mol. The summed E-state index contributed by atoms with van der Waals surface area (Å²) in [4.78, 5) is 11.9. The second-order valence-corrected chi connectivity index (χ2v) is 5.37. The lowest BCUT2D eigenvalue weighted by Crippen LogP contribution is -2.23. The highest BCUT2D eigenvalue weighted by molar-refractivity contribution is 5.93. The van der Waals surface area contributed by atoms with E-state index in [0.717, 1.165) is 25.7 Å². The van der Waals surface area contributed by atoms with Crippen LogP contribution in [-0.4, -0.2) is 5.78 Å². The van der Waals surface area contributed by atoms with Crippen LogP contribution < -0.4 is 0 Å². The van der Waals surface area contributed by atoms with Crippen LogP contribution in [0.5, 0.6) is 0 Å². The van der Waals surface area contributed by atoms with Crippen LogP contribution >= 0.6 is 0 Å². The first kappa shape index (κ1) is 13.2. The maximum Gasteiger partial charge on any atom is 0.158 e. The molecule has 0 heterocycles. The van der Waals surface area contributed by atoms with Crippen LogP contribution in [0.4, 0.5) is 0 Å². The number of carbonyl (C=O) groups is 1. The molecule has 0 aromatic heterocycles. The molecule has 16 heavy (non-hydrogen) atoms. The minimum Gasteiger partial charge on any atom is -0.295 e. The Hall–Kier alpha value is -0.850. The van der Waals surface area contributed by atoms with Gasteiger partial charge in [0.2, 0.25) is 0 Å². The molecule has 0 unspecified atom stereocenters. The molecule has 0 spiro atoms. The van der Waals surface area contributed by atoms with Gasteiger partial charge < -0.3 is 0 Å². The summed E-state index contributed by atoms with van der Waals surface area (Å²) in [7, 11) is 0. The van der Waals surface area contributed by atoms with Crippen LogP contribution in [-0.2, 0) is 4.79 Å². The lowest BCUT2D eigenvalue weighted by atomic mass is 9.79. The molecule has 1 heteroatoms. The monoisotopic (exact) mass is 220 g/mol. The van der Waals surface area contributed by atoms with Crippen molar-refractivity contribution in [2.45, 2.75) is 53.4 Å². The standard InChI is InChI=1S/C15H24O/c1-11(2)6-5-7-13(4)14-9-8-12(3)10-15(14)16/h6,10,13-14H,5,7-9H2,1-4H3/t13-,14-/m1/s1. The second-order valence-electron chi connectivity index (χ2n) is 5.37. The second kappa shape index (κ2) is 6.03. The van der Waals surface area contributed by atoms with Crippen LogP contribution in [0.3, 0.4) is 0 Å². The van der Waals surface area contributed by atoms with Gasteiger partial charge in [-0.15, -0.1) is 0 Å². The Morgan fingerprint density at radius 1 is 1.56 bits per heavy atom. The minimum absolute atomic E-state index is 0.272. The van der Waals surface area contributed by atoms with E-state index in [9.17, 15) is 4.79 Å². The molecule has 1 rings (SSSR count). The number of allylic oxidation sites excluding steroid dienone is 4. The van der Waals surface area contributed by atoms with Crippen LogP contribution in [0.2, 0.25) is 0 Å². The van der Waals surface area contributed by atoms with Gasteiger partial charge in [0.25, 0.3) is 0 Å². The summed E-state index contributed by atoms with van der Waals surface area (Å²) < 4.78 is 0. The molecule has 0 aromatic carbocycles. The third-order valence-electron chi connectivity index (χ3n) is 3.47. The molecule has 1 aliphatic carbocycles. The average molecular weight is 220 g/mol. The third-order valence-corrected chi connectivity index (χ3v) is 3.47. The molecule has 0 N–H and O–H groups in total. The third kappa shape index (κ3) is 3.96. The van der Waals surface area contributed by atoms with E-state index < -0.39 is 0 Å². The maximum atomic E-state index is 11.9. The fraction of sp³-hybridized carbons (Fsp3) is 0.667. The molecular formula is C15H24O. The first-order chi connectivity index (χ1) is 7.50. The van der Waals surface area contributed by atoms with Crippen molar-refractivity contribution in [2.24, 2.45) is 11.8 Å². The Balaban J connectivity index is 2.46. The molecule has 2 atom stereocenters. The molecule has 1 aliphatic rings. The zero-order valence-corrected chi connectivity index (χ0v) is 11.0. The van der Waals surface area contributed by atoms with Gasteiger partial charge in [-0.25, -0.2) is 0 Å². The molecule has 0 amide bonds. The fourth-order valence-electron chi connectivity index (χ4n) is 2.35. The first-order valence-electron chi connectivity index (χ1n) is 6.35. The molecule has 1 nitrogen and oxygen atoms in total. The molecule has 90 valence electrons. The highest BCUT2D eigenvalue weighted by Gasteiger charge is 2.25. The highest BCUT2D eigenvalue weighted by atomic mass is 16.1. The summed E-state index contributed by atoms with van der Waals surface area (Å²) in [6.07, 6.45) is 8.52. The van der Waals surface area contributed by atoms with Gasteiger partial charge in [0.05, 0.1) is 0 Å². The predicted octanol–water partition coefficient (Wildman–Crippen LogP) is 4.29. The Morgan fingerprint density at radius 3 is 2.81 bits per heavy atom. The molecule has 0 saturated carbocycles. The lowest BCUT2D eigenvalue weighted by Gasteiger charge is -2.25. The van der Waals surface area contributed by atoms with Gasteiger partial charge in [0, 0.05) is 5.92 Å². The van der Waals surface area contributed by atoms with Gasteiger partial charge >= 0.3 is 0 Å². The highest BCUT2D eigenvalue weighted by Crippen LogP contribution is 2.29. The smallest absolute Gasteiger partial charge is 0.158 e. The van der Waals surface area contributed by atoms with Crippen LogP contribution in [0.1, 0.15) is 53.4 Å². The van der Waals surface area contributed by atoms with E-state index in [4.69, 9.17) is 0 Å². The van der Waals surface area contributed by atoms with Crippen molar-refractivity contribution in [3.05, 3.63) is 23.3 Å². The Kier molecular flexibility index (Phi) is 4.98. The zero-order valence-electron chi connectivity index (χ0n) is 11.0. The van der Waals surface area contributed by atoms with E-state index in [-0.39, 0.29) is 5.92 Å². The first-order valence-corrected chi connectivity index (χ1v) is 6.35. The van der Waals surface area contributed by atoms with Gasteiger partial charge in [-0.2, -0.15) is 0 Å². The normalized spacial score (nSPS) is 22.6. The van der Waals surface area contributed by atoms with Crippen LogP contribution in [0.25, 0.3) is 0 Å². The van der Waals surface area contributed by atoms with Crippen molar-refractivity contribution >= 4 is 5.78 Å². The SMILES string of the molecule is CC(C)=CCC[C@@H](C)[C@H]1CCC(C)=CC1=O. The fourth-order valence-corrected chi connectivity index (χ4v) is 2.35. The van der Waals surface area contributed by atoms with E-state index in [0.29, 0.717) is 11.7 Å². The summed E-state index contributed by atoms with van der Waals surface area (Å²) >= 11 is 0. The summed E-state index contributed by atoms with van der Waals surface area (Å²) in [6.45, 7) is 8.53. The molecular weight excluding hydrogens is 196 g/mol. The molecule has 0 radical (unpaired) electrons. The number of hydrogen-bond donors (Lipinski definition) is 0. The van der Waals surface area contributed by atoms with Crippen molar-refractivity contribution in [1.82, 2.24) is 0 Å². The zero-order chi connectivity index (χ0) is 12.1. The van der Waals surface area contributed by atoms with Crippen molar-refractivity contribution < 1.29 is 4.79 Å². The Labute approximate surface area is 99.6 Å². The van der Waals surface area contributed by atoms with Gasteiger partial charge in [-0.1, -0.05) is 24.1 Å². The van der Waals surface area contributed by atoms with Crippen LogP contribution in [0, 0.1) is 11.8 Å². The van der Waals surface area contributed by atoms with Crippen molar-refractivity contribution in [3.63, 3.8) is 0 Å². The molecule has 0 saturated heterocycles.